The van der Waals surface area contributed by atoms with E-state index in [1.54, 1.807) is 20.8 Å². The van der Waals surface area contributed by atoms with Gasteiger partial charge in [-0.05, 0) is 45.6 Å². The highest BCUT2D eigenvalue weighted by Gasteiger charge is 2.14. The van der Waals surface area contributed by atoms with Gasteiger partial charge in [0.1, 0.15) is 0 Å². The molecule has 0 unspecified atom stereocenters. The van der Waals surface area contributed by atoms with E-state index >= 15 is 0 Å². The second-order valence-corrected chi connectivity index (χ2v) is 8.86. The molecule has 0 spiro atoms. The number of benzene rings is 1. The van der Waals surface area contributed by atoms with Crippen LogP contribution in [-0.2, 0) is 16.3 Å². The zero-order valence-corrected chi connectivity index (χ0v) is 14.8. The van der Waals surface area contributed by atoms with Crippen LogP contribution in [0.5, 0.6) is 0 Å². The Morgan fingerprint density at radius 3 is 2.05 bits per heavy atom. The maximum atomic E-state index is 11.7. The monoisotopic (exact) mass is 324 g/mol. The average molecular weight is 324 g/mol. The van der Waals surface area contributed by atoms with Crippen molar-refractivity contribution in [1.29, 1.82) is 0 Å². The van der Waals surface area contributed by atoms with Crippen molar-refractivity contribution in [3.05, 3.63) is 35.4 Å². The summed E-state index contributed by atoms with van der Waals surface area (Å²) >= 11 is 0. The van der Waals surface area contributed by atoms with E-state index in [0.29, 0.717) is 5.75 Å². The summed E-state index contributed by atoms with van der Waals surface area (Å²) in [5.74, 6) is 0.417. The molecule has 0 radical (unpaired) electrons. The zero-order chi connectivity index (χ0) is 16.6. The van der Waals surface area contributed by atoms with Crippen LogP contribution in [0.15, 0.2) is 24.3 Å². The first-order chi connectivity index (χ1) is 10.3. The Morgan fingerprint density at radius 2 is 1.50 bits per heavy atom. The van der Waals surface area contributed by atoms with Crippen LogP contribution in [0, 0.1) is 0 Å². The molecule has 1 aromatic carbocycles. The lowest BCUT2D eigenvalue weighted by Crippen LogP contribution is -2.17. The largest absolute Gasteiger partial charge is 0.295 e. The molecule has 0 aliphatic heterocycles. The highest BCUT2D eigenvalue weighted by Crippen LogP contribution is 2.12. The van der Waals surface area contributed by atoms with E-state index in [1.807, 2.05) is 24.3 Å². The van der Waals surface area contributed by atoms with Gasteiger partial charge >= 0.3 is 0 Å². The number of carbonyl (C=O) groups excluding carboxylic acids is 1. The molecule has 1 aromatic rings. The van der Waals surface area contributed by atoms with Gasteiger partial charge in [0.05, 0.1) is 11.0 Å². The van der Waals surface area contributed by atoms with Crippen molar-refractivity contribution in [1.82, 2.24) is 0 Å². The third-order valence-corrected chi connectivity index (χ3v) is 6.27. The van der Waals surface area contributed by atoms with Gasteiger partial charge in [0.2, 0.25) is 0 Å². The van der Waals surface area contributed by atoms with Gasteiger partial charge in [0.15, 0.2) is 15.6 Å². The van der Waals surface area contributed by atoms with Gasteiger partial charge in [-0.25, -0.2) is 8.42 Å². The van der Waals surface area contributed by atoms with Gasteiger partial charge < -0.3 is 0 Å². The smallest absolute Gasteiger partial charge is 0.159 e. The molecule has 0 bridgehead atoms. The van der Waals surface area contributed by atoms with Crippen LogP contribution in [0.2, 0.25) is 0 Å². The second-order valence-electron chi connectivity index (χ2n) is 6.19. The Balaban J connectivity index is 2.14. The number of rotatable bonds is 10. The number of carbonyl (C=O) groups is 1. The fourth-order valence-corrected chi connectivity index (χ4v) is 3.38. The van der Waals surface area contributed by atoms with Gasteiger partial charge in [0, 0.05) is 5.56 Å². The van der Waals surface area contributed by atoms with E-state index < -0.39 is 9.84 Å². The molecule has 0 N–H and O–H groups in total. The molecule has 124 valence electrons. The molecule has 1 rings (SSSR count). The van der Waals surface area contributed by atoms with Crippen molar-refractivity contribution in [2.24, 2.45) is 0 Å². The van der Waals surface area contributed by atoms with Gasteiger partial charge in [-0.1, -0.05) is 43.5 Å². The summed E-state index contributed by atoms with van der Waals surface area (Å²) in [5.41, 5.74) is 2.02. The molecule has 0 heterocycles. The molecule has 0 aliphatic carbocycles. The third-order valence-electron chi connectivity index (χ3n) is 3.97. The molecule has 0 fully saturated rings. The summed E-state index contributed by atoms with van der Waals surface area (Å²) in [6.07, 6.45) is 6.08. The Morgan fingerprint density at radius 1 is 0.955 bits per heavy atom. The molecule has 4 heteroatoms. The summed E-state index contributed by atoms with van der Waals surface area (Å²) in [5, 5.41) is -0.259. The van der Waals surface area contributed by atoms with E-state index in [9.17, 15) is 13.2 Å². The Labute approximate surface area is 135 Å². The van der Waals surface area contributed by atoms with Crippen molar-refractivity contribution in [3.63, 3.8) is 0 Å². The maximum absolute atomic E-state index is 11.7. The topological polar surface area (TPSA) is 51.2 Å². The number of hydrogen-bond acceptors (Lipinski definition) is 3. The van der Waals surface area contributed by atoms with Crippen LogP contribution in [0.25, 0.3) is 0 Å². The highest BCUT2D eigenvalue weighted by atomic mass is 32.2. The van der Waals surface area contributed by atoms with Gasteiger partial charge in [-0.2, -0.15) is 0 Å². The zero-order valence-electron chi connectivity index (χ0n) is 14.0. The second kappa shape index (κ2) is 9.09. The van der Waals surface area contributed by atoms with Gasteiger partial charge in [-0.3, -0.25) is 4.79 Å². The predicted octanol–water partition coefficient (Wildman–Crippen LogP) is 4.21. The lowest BCUT2D eigenvalue weighted by Gasteiger charge is -2.07. The Bertz CT molecular complexity index is 556. The van der Waals surface area contributed by atoms with E-state index in [2.05, 4.69) is 0 Å². The molecule has 0 saturated heterocycles. The normalized spacial score (nSPS) is 11.8. The maximum Gasteiger partial charge on any atom is 0.159 e. The Kier molecular flexibility index (Phi) is 7.80. The van der Waals surface area contributed by atoms with Gasteiger partial charge in [-0.15, -0.1) is 0 Å². The van der Waals surface area contributed by atoms with Crippen molar-refractivity contribution < 1.29 is 13.2 Å². The van der Waals surface area contributed by atoms with Crippen molar-refractivity contribution >= 4 is 15.6 Å². The molecule has 22 heavy (non-hydrogen) atoms. The number of sulfone groups is 1. The lowest BCUT2D eigenvalue weighted by atomic mass is 10.0. The average Bonchev–Trinajstić information content (AvgIpc) is 2.46. The van der Waals surface area contributed by atoms with E-state index in [4.69, 9.17) is 0 Å². The number of ketones is 1. The van der Waals surface area contributed by atoms with Gasteiger partial charge in [0.25, 0.3) is 0 Å². The minimum absolute atomic E-state index is 0.0999. The van der Waals surface area contributed by atoms with Crippen LogP contribution < -0.4 is 0 Å². The minimum atomic E-state index is -2.87. The summed E-state index contributed by atoms with van der Waals surface area (Å²) in [6.45, 7) is 5.06. The summed E-state index contributed by atoms with van der Waals surface area (Å²) < 4.78 is 23.3. The third kappa shape index (κ3) is 6.73. The first-order valence-corrected chi connectivity index (χ1v) is 9.86. The van der Waals surface area contributed by atoms with Crippen LogP contribution in [-0.4, -0.2) is 25.2 Å². The lowest BCUT2D eigenvalue weighted by molar-refractivity contribution is 0.101. The fraction of sp³-hybridized carbons (Fsp3) is 0.611. The van der Waals surface area contributed by atoms with Crippen LogP contribution in [0.1, 0.15) is 68.8 Å². The van der Waals surface area contributed by atoms with Crippen LogP contribution in [0.3, 0.4) is 0 Å². The molecule has 0 saturated carbocycles. The fourth-order valence-electron chi connectivity index (χ4n) is 2.30. The van der Waals surface area contributed by atoms with Crippen LogP contribution in [0.4, 0.5) is 0 Å². The number of unbranched alkanes of at least 4 members (excludes halogenated alkanes) is 4. The van der Waals surface area contributed by atoms with Crippen molar-refractivity contribution in [2.75, 3.05) is 5.75 Å². The molecular formula is C18H28O3S. The SMILES string of the molecule is CC(=O)c1ccc(CCCCCCCS(=O)(=O)C(C)C)cc1. The molecular weight excluding hydrogens is 296 g/mol. The molecule has 0 amide bonds. The minimum Gasteiger partial charge on any atom is -0.295 e. The first kappa shape index (κ1) is 18.9. The molecule has 3 nitrogen and oxygen atoms in total. The highest BCUT2D eigenvalue weighted by molar-refractivity contribution is 7.91. The van der Waals surface area contributed by atoms with Crippen molar-refractivity contribution in [3.8, 4) is 0 Å². The quantitative estimate of drug-likeness (QED) is 0.478. The molecule has 0 aliphatic rings. The first-order valence-electron chi connectivity index (χ1n) is 8.14. The number of aryl methyl sites for hydroxylation is 1. The summed E-state index contributed by atoms with van der Waals surface area (Å²) in [6, 6.07) is 7.81. The standard InChI is InChI=1S/C18H28O3S/c1-15(2)22(20,21)14-8-6-4-5-7-9-17-10-12-18(13-11-17)16(3)19/h10-13,15H,4-9,14H2,1-3H3. The molecule has 0 aromatic heterocycles. The van der Waals surface area contributed by atoms with E-state index in [0.717, 1.165) is 44.1 Å². The van der Waals surface area contributed by atoms with E-state index in [-0.39, 0.29) is 11.0 Å². The summed E-state index contributed by atoms with van der Waals surface area (Å²) in [7, 11) is -2.87. The Hall–Kier alpha value is -1.16. The van der Waals surface area contributed by atoms with Crippen LogP contribution >= 0.6 is 0 Å². The molecule has 0 atom stereocenters. The number of hydrogen-bond donors (Lipinski definition) is 0. The predicted molar refractivity (Wildman–Crippen MR) is 92.2 cm³/mol. The van der Waals surface area contributed by atoms with E-state index in [1.165, 1.54) is 5.56 Å². The summed E-state index contributed by atoms with van der Waals surface area (Å²) in [4.78, 5) is 11.2. The van der Waals surface area contributed by atoms with Crippen molar-refractivity contribution in [2.45, 2.75) is 64.5 Å². The number of Topliss-reactive ketones (excluding diaryl/α,β-unsaturated/α-hetero) is 1.